The number of amides is 1. The summed E-state index contributed by atoms with van der Waals surface area (Å²) in [7, 11) is 0. The van der Waals surface area contributed by atoms with E-state index in [4.69, 9.17) is 10.5 Å². The number of rotatable bonds is 4. The Morgan fingerprint density at radius 2 is 1.67 bits per heavy atom. The third-order valence-electron chi connectivity index (χ3n) is 5.71. The van der Waals surface area contributed by atoms with Gasteiger partial charge in [-0.15, -0.1) is 0 Å². The fourth-order valence-corrected chi connectivity index (χ4v) is 4.68. The maximum Gasteiger partial charge on any atom is 0.246 e. The Morgan fingerprint density at radius 3 is 2.33 bits per heavy atom. The minimum atomic E-state index is 0.0814. The molecule has 0 aromatic carbocycles. The maximum atomic E-state index is 12.2. The highest BCUT2D eigenvalue weighted by atomic mass is 16.5. The zero-order valence-electron chi connectivity index (χ0n) is 13.1. The molecule has 3 N–H and O–H groups in total. The number of nitrogens with one attached hydrogen (secondary N) is 1. The molecule has 0 spiro atoms. The van der Waals surface area contributed by atoms with E-state index >= 15 is 0 Å². The number of hydrogen-bond acceptors (Lipinski definition) is 3. The van der Waals surface area contributed by atoms with Crippen LogP contribution in [0, 0.1) is 11.8 Å². The Labute approximate surface area is 128 Å². The molecule has 4 nitrogen and oxygen atoms in total. The number of nitrogens with two attached hydrogens (primary N) is 1. The van der Waals surface area contributed by atoms with Gasteiger partial charge in [0.05, 0.1) is 6.10 Å². The average molecular weight is 294 g/mol. The van der Waals surface area contributed by atoms with Crippen LogP contribution in [0.5, 0.6) is 0 Å². The number of carbonyl (C=O) groups is 1. The fourth-order valence-electron chi connectivity index (χ4n) is 4.68. The Balaban J connectivity index is 1.45. The number of fused-ring (bicyclic) bond motifs is 2. The molecule has 0 heterocycles. The zero-order valence-corrected chi connectivity index (χ0v) is 13.1. The predicted octanol–water partition coefficient (Wildman–Crippen LogP) is 2.36. The molecule has 0 radical (unpaired) electrons. The summed E-state index contributed by atoms with van der Waals surface area (Å²) in [6.45, 7) is 0.243. The quantitative estimate of drug-likeness (QED) is 0.836. The summed E-state index contributed by atoms with van der Waals surface area (Å²) in [5.41, 5.74) is 6.14. The van der Waals surface area contributed by atoms with Gasteiger partial charge >= 0.3 is 0 Å². The predicted molar refractivity (Wildman–Crippen MR) is 82.8 cm³/mol. The van der Waals surface area contributed by atoms with E-state index in [0.717, 1.165) is 25.7 Å². The van der Waals surface area contributed by atoms with E-state index in [1.165, 1.54) is 38.5 Å². The lowest BCUT2D eigenvalue weighted by atomic mass is 9.67. The summed E-state index contributed by atoms with van der Waals surface area (Å²) in [6, 6.07) is 0.688. The highest BCUT2D eigenvalue weighted by Crippen LogP contribution is 2.39. The highest BCUT2D eigenvalue weighted by Gasteiger charge is 2.39. The van der Waals surface area contributed by atoms with Crippen molar-refractivity contribution in [3.8, 4) is 0 Å². The van der Waals surface area contributed by atoms with Gasteiger partial charge < -0.3 is 15.8 Å². The van der Waals surface area contributed by atoms with Crippen molar-refractivity contribution < 1.29 is 9.53 Å². The normalized spacial score (nSPS) is 37.2. The minimum Gasteiger partial charge on any atom is -0.368 e. The summed E-state index contributed by atoms with van der Waals surface area (Å²) in [4.78, 5) is 12.2. The van der Waals surface area contributed by atoms with Crippen LogP contribution in [0.2, 0.25) is 0 Å². The van der Waals surface area contributed by atoms with Crippen molar-refractivity contribution >= 4 is 5.91 Å². The van der Waals surface area contributed by atoms with E-state index in [1.807, 2.05) is 0 Å². The van der Waals surface area contributed by atoms with Gasteiger partial charge in [-0.2, -0.15) is 0 Å². The molecular formula is C17H30N2O2. The topological polar surface area (TPSA) is 64.3 Å². The lowest BCUT2D eigenvalue weighted by Crippen LogP contribution is -2.54. The van der Waals surface area contributed by atoms with Crippen LogP contribution in [-0.2, 0) is 9.53 Å². The van der Waals surface area contributed by atoms with Crippen molar-refractivity contribution in [1.29, 1.82) is 0 Å². The SMILES string of the molecule is NC1CC2CCCC(C1)C2NC(=O)COC1CCCCC1. The van der Waals surface area contributed by atoms with Crippen molar-refractivity contribution in [3.05, 3.63) is 0 Å². The molecule has 3 aliphatic carbocycles. The van der Waals surface area contributed by atoms with Gasteiger partial charge in [0.2, 0.25) is 5.91 Å². The number of ether oxygens (including phenoxy) is 1. The largest absolute Gasteiger partial charge is 0.368 e. The molecule has 3 aliphatic rings. The van der Waals surface area contributed by atoms with Gasteiger partial charge in [-0.3, -0.25) is 4.79 Å². The van der Waals surface area contributed by atoms with Crippen molar-refractivity contribution in [2.75, 3.05) is 6.61 Å². The molecule has 0 aromatic heterocycles. The van der Waals surface area contributed by atoms with Crippen molar-refractivity contribution in [1.82, 2.24) is 5.32 Å². The van der Waals surface area contributed by atoms with E-state index in [2.05, 4.69) is 5.32 Å². The molecule has 1 amide bonds. The Bertz CT molecular complexity index is 341. The van der Waals surface area contributed by atoms with Gasteiger partial charge in [-0.05, 0) is 50.4 Å². The number of hydrogen-bond donors (Lipinski definition) is 2. The van der Waals surface area contributed by atoms with E-state index < -0.39 is 0 Å². The minimum absolute atomic E-state index is 0.0814. The summed E-state index contributed by atoms with van der Waals surface area (Å²) in [5, 5.41) is 3.26. The fraction of sp³-hybridized carbons (Fsp3) is 0.941. The van der Waals surface area contributed by atoms with Gasteiger partial charge in [0.25, 0.3) is 0 Å². The van der Waals surface area contributed by atoms with Crippen LogP contribution in [0.25, 0.3) is 0 Å². The first-order valence-electron chi connectivity index (χ1n) is 8.89. The van der Waals surface area contributed by atoms with Gasteiger partial charge in [0.15, 0.2) is 0 Å². The van der Waals surface area contributed by atoms with E-state index in [1.54, 1.807) is 0 Å². The second-order valence-corrected chi connectivity index (χ2v) is 7.35. The van der Waals surface area contributed by atoms with E-state index in [9.17, 15) is 4.79 Å². The van der Waals surface area contributed by atoms with Crippen molar-refractivity contribution in [2.45, 2.75) is 82.4 Å². The van der Waals surface area contributed by atoms with Crippen LogP contribution in [0.15, 0.2) is 0 Å². The van der Waals surface area contributed by atoms with Crippen LogP contribution in [0.1, 0.15) is 64.2 Å². The molecule has 3 saturated carbocycles. The first-order chi connectivity index (χ1) is 10.2. The van der Waals surface area contributed by atoms with Gasteiger partial charge in [-0.1, -0.05) is 25.7 Å². The summed E-state index contributed by atoms with van der Waals surface area (Å²) < 4.78 is 5.79. The second-order valence-electron chi connectivity index (χ2n) is 7.35. The Hall–Kier alpha value is -0.610. The molecule has 2 unspecified atom stereocenters. The third-order valence-corrected chi connectivity index (χ3v) is 5.71. The van der Waals surface area contributed by atoms with E-state index in [0.29, 0.717) is 30.0 Å². The van der Waals surface area contributed by atoms with Gasteiger partial charge in [0.1, 0.15) is 6.61 Å². The monoisotopic (exact) mass is 294 g/mol. The molecule has 2 atom stereocenters. The first-order valence-corrected chi connectivity index (χ1v) is 8.89. The molecule has 120 valence electrons. The van der Waals surface area contributed by atoms with Crippen LogP contribution in [0.4, 0.5) is 0 Å². The maximum absolute atomic E-state index is 12.2. The van der Waals surface area contributed by atoms with Gasteiger partial charge in [-0.25, -0.2) is 0 Å². The van der Waals surface area contributed by atoms with Gasteiger partial charge in [0, 0.05) is 12.1 Å². The van der Waals surface area contributed by atoms with Crippen LogP contribution >= 0.6 is 0 Å². The molecule has 3 fully saturated rings. The summed E-state index contributed by atoms with van der Waals surface area (Å²) in [6.07, 6.45) is 12.3. The van der Waals surface area contributed by atoms with Crippen LogP contribution in [0.3, 0.4) is 0 Å². The molecule has 2 bridgehead atoms. The standard InChI is InChI=1S/C17H30N2O2/c18-14-9-12-5-4-6-13(10-14)17(12)19-16(20)11-21-15-7-2-1-3-8-15/h12-15,17H,1-11,18H2,(H,19,20). The average Bonchev–Trinajstić information content (AvgIpc) is 2.47. The second kappa shape index (κ2) is 7.10. The van der Waals surface area contributed by atoms with E-state index in [-0.39, 0.29) is 12.5 Å². The van der Waals surface area contributed by atoms with Crippen molar-refractivity contribution in [3.63, 3.8) is 0 Å². The van der Waals surface area contributed by atoms with Crippen LogP contribution in [-0.4, -0.2) is 30.7 Å². The lowest BCUT2D eigenvalue weighted by Gasteiger charge is -2.45. The molecule has 0 aromatic rings. The Kier molecular flexibility index (Phi) is 5.17. The summed E-state index contributed by atoms with van der Waals surface area (Å²) >= 11 is 0. The molecule has 4 heteroatoms. The van der Waals surface area contributed by atoms with Crippen LogP contribution < -0.4 is 11.1 Å². The van der Waals surface area contributed by atoms with Crippen molar-refractivity contribution in [2.24, 2.45) is 17.6 Å². The zero-order chi connectivity index (χ0) is 14.7. The molecule has 3 rings (SSSR count). The molecule has 21 heavy (non-hydrogen) atoms. The smallest absolute Gasteiger partial charge is 0.246 e. The molecular weight excluding hydrogens is 264 g/mol. The number of carbonyl (C=O) groups excluding carboxylic acids is 1. The molecule has 0 aliphatic heterocycles. The lowest BCUT2D eigenvalue weighted by molar-refractivity contribution is -0.130. The highest BCUT2D eigenvalue weighted by molar-refractivity contribution is 5.77. The molecule has 0 saturated heterocycles. The third kappa shape index (κ3) is 3.98. The Morgan fingerprint density at radius 1 is 1.00 bits per heavy atom. The summed E-state index contributed by atoms with van der Waals surface area (Å²) in [5.74, 6) is 1.26. The first kappa shape index (κ1) is 15.3.